The third-order valence-electron chi connectivity index (χ3n) is 4.25. The molecule has 0 aliphatic carbocycles. The average molecular weight is 317 g/mol. The molecule has 120 valence electrons. The number of rotatable bonds is 3. The number of ether oxygens (including phenoxy) is 2. The van der Waals surface area contributed by atoms with Crippen molar-refractivity contribution in [1.29, 1.82) is 0 Å². The van der Waals surface area contributed by atoms with Gasteiger partial charge in [0.2, 0.25) is 0 Å². The van der Waals surface area contributed by atoms with Gasteiger partial charge in [-0.2, -0.15) is 0 Å². The van der Waals surface area contributed by atoms with Crippen LogP contribution >= 0.6 is 11.8 Å². The first-order valence-electron chi connectivity index (χ1n) is 7.41. The van der Waals surface area contributed by atoms with Gasteiger partial charge in [0.05, 0.1) is 6.04 Å². The van der Waals surface area contributed by atoms with Crippen LogP contribution in [-0.2, 0) is 9.47 Å². The molecule has 0 spiro atoms. The molecule has 3 saturated heterocycles. The van der Waals surface area contributed by atoms with Crippen LogP contribution in [0.15, 0.2) is 4.99 Å². The zero-order valence-electron chi connectivity index (χ0n) is 12.1. The summed E-state index contributed by atoms with van der Waals surface area (Å²) in [4.78, 5) is 4.08. The highest BCUT2D eigenvalue weighted by atomic mass is 32.2. The molecule has 7 nitrogen and oxygen atoms in total. The highest BCUT2D eigenvalue weighted by molar-refractivity contribution is 8.14. The standard InChI is InChI=1S/C13H23N3O4S/c1-14-13-16-9-11(18)10(17)8(20-12(9)21-13)6-15-7-2-4-19-5-3-7/h7-12,15,17-18H,2-6H2,1H3,(H,14,16)/t8-,9-,10-,11-,12-/m1/s1. The van der Waals surface area contributed by atoms with Crippen molar-refractivity contribution in [3.63, 3.8) is 0 Å². The summed E-state index contributed by atoms with van der Waals surface area (Å²) >= 11 is 1.46. The lowest BCUT2D eigenvalue weighted by molar-refractivity contribution is -0.154. The molecule has 3 fully saturated rings. The predicted octanol–water partition coefficient (Wildman–Crippen LogP) is -1.11. The van der Waals surface area contributed by atoms with Gasteiger partial charge < -0.3 is 30.3 Å². The van der Waals surface area contributed by atoms with Crippen molar-refractivity contribution in [2.45, 2.75) is 48.7 Å². The SMILES string of the molecule is CN=C1N[C@@H]2[C@@H](O)[C@H](O)[C@@H](CNC3CCOCC3)O[C@@H]2S1. The summed E-state index contributed by atoms with van der Waals surface area (Å²) in [5, 5.41) is 27.7. The molecule has 0 amide bonds. The molecular weight excluding hydrogens is 294 g/mol. The van der Waals surface area contributed by atoms with Gasteiger partial charge in [0.1, 0.15) is 23.7 Å². The number of thioether (sulfide) groups is 1. The third kappa shape index (κ3) is 3.35. The molecule has 0 aromatic carbocycles. The highest BCUT2D eigenvalue weighted by Crippen LogP contribution is 2.33. The fourth-order valence-corrected chi connectivity index (χ4v) is 4.05. The lowest BCUT2D eigenvalue weighted by atomic mass is 9.97. The molecule has 3 aliphatic rings. The lowest BCUT2D eigenvalue weighted by Gasteiger charge is -2.39. The normalized spacial score (nSPS) is 42.8. The minimum atomic E-state index is -0.900. The molecule has 0 saturated carbocycles. The lowest BCUT2D eigenvalue weighted by Crippen LogP contribution is -2.61. The minimum absolute atomic E-state index is 0.205. The van der Waals surface area contributed by atoms with Gasteiger partial charge in [-0.3, -0.25) is 4.99 Å². The van der Waals surface area contributed by atoms with E-state index in [1.165, 1.54) is 11.8 Å². The third-order valence-corrected chi connectivity index (χ3v) is 5.41. The van der Waals surface area contributed by atoms with E-state index in [-0.39, 0.29) is 11.5 Å². The molecule has 3 heterocycles. The van der Waals surface area contributed by atoms with E-state index in [1.54, 1.807) is 7.05 Å². The number of aliphatic hydroxyl groups excluding tert-OH is 2. The first kappa shape index (κ1) is 15.5. The van der Waals surface area contributed by atoms with Crippen LogP contribution in [0, 0.1) is 0 Å². The van der Waals surface area contributed by atoms with E-state index < -0.39 is 18.3 Å². The fourth-order valence-electron chi connectivity index (χ4n) is 2.94. The Labute approximate surface area is 128 Å². The van der Waals surface area contributed by atoms with Crippen LogP contribution < -0.4 is 10.6 Å². The summed E-state index contributed by atoms with van der Waals surface area (Å²) in [5.74, 6) is 0. The smallest absolute Gasteiger partial charge is 0.159 e. The summed E-state index contributed by atoms with van der Waals surface area (Å²) < 4.78 is 11.3. The second kappa shape index (κ2) is 6.80. The largest absolute Gasteiger partial charge is 0.388 e. The molecule has 0 unspecified atom stereocenters. The maximum Gasteiger partial charge on any atom is 0.159 e. The van der Waals surface area contributed by atoms with Crippen LogP contribution in [0.3, 0.4) is 0 Å². The van der Waals surface area contributed by atoms with Crippen molar-refractivity contribution < 1.29 is 19.7 Å². The minimum Gasteiger partial charge on any atom is -0.388 e. The van der Waals surface area contributed by atoms with Crippen molar-refractivity contribution >= 4 is 16.9 Å². The maximum atomic E-state index is 10.3. The van der Waals surface area contributed by atoms with E-state index in [1.807, 2.05) is 0 Å². The summed E-state index contributed by atoms with van der Waals surface area (Å²) in [6.07, 6.45) is -0.213. The van der Waals surface area contributed by atoms with E-state index in [0.29, 0.717) is 12.6 Å². The van der Waals surface area contributed by atoms with E-state index in [0.717, 1.165) is 31.2 Å². The van der Waals surface area contributed by atoms with E-state index >= 15 is 0 Å². The molecule has 0 bridgehead atoms. The molecule has 21 heavy (non-hydrogen) atoms. The number of hydrogen-bond donors (Lipinski definition) is 4. The van der Waals surface area contributed by atoms with Gasteiger partial charge in [-0.15, -0.1) is 0 Å². The topological polar surface area (TPSA) is 95.3 Å². The summed E-state index contributed by atoms with van der Waals surface area (Å²) in [6, 6.07) is 0.0922. The van der Waals surface area contributed by atoms with Crippen molar-refractivity contribution in [3.05, 3.63) is 0 Å². The van der Waals surface area contributed by atoms with Crippen LogP contribution in [-0.4, -0.2) is 78.0 Å². The molecule has 5 atom stereocenters. The van der Waals surface area contributed by atoms with Crippen LogP contribution in [0.5, 0.6) is 0 Å². The maximum absolute atomic E-state index is 10.3. The second-order valence-corrected chi connectivity index (χ2v) is 6.72. The Morgan fingerprint density at radius 2 is 2.10 bits per heavy atom. The number of nitrogens with one attached hydrogen (secondary N) is 2. The Balaban J connectivity index is 1.56. The number of hydrogen-bond acceptors (Lipinski definition) is 7. The zero-order chi connectivity index (χ0) is 14.8. The van der Waals surface area contributed by atoms with Crippen LogP contribution in [0.1, 0.15) is 12.8 Å². The number of fused-ring (bicyclic) bond motifs is 1. The van der Waals surface area contributed by atoms with E-state index in [4.69, 9.17) is 9.47 Å². The predicted molar refractivity (Wildman–Crippen MR) is 80.4 cm³/mol. The van der Waals surface area contributed by atoms with Gasteiger partial charge in [0.25, 0.3) is 0 Å². The monoisotopic (exact) mass is 317 g/mol. The quantitative estimate of drug-likeness (QED) is 0.524. The van der Waals surface area contributed by atoms with Crippen molar-refractivity contribution in [1.82, 2.24) is 10.6 Å². The molecule has 0 aromatic heterocycles. The van der Waals surface area contributed by atoms with Crippen molar-refractivity contribution in [2.24, 2.45) is 4.99 Å². The average Bonchev–Trinajstić information content (AvgIpc) is 2.94. The molecule has 4 N–H and O–H groups in total. The molecule has 3 rings (SSSR count). The summed E-state index contributed by atoms with van der Waals surface area (Å²) in [5.41, 5.74) is -0.205. The Morgan fingerprint density at radius 1 is 1.33 bits per heavy atom. The second-order valence-electron chi connectivity index (χ2n) is 5.64. The van der Waals surface area contributed by atoms with Crippen LogP contribution in [0.2, 0.25) is 0 Å². The zero-order valence-corrected chi connectivity index (χ0v) is 12.9. The van der Waals surface area contributed by atoms with Gasteiger partial charge in [0, 0.05) is 32.8 Å². The number of amidine groups is 1. The first-order valence-corrected chi connectivity index (χ1v) is 8.29. The van der Waals surface area contributed by atoms with Gasteiger partial charge in [-0.05, 0) is 12.8 Å². The van der Waals surface area contributed by atoms with Gasteiger partial charge in [-0.25, -0.2) is 0 Å². The van der Waals surface area contributed by atoms with Crippen molar-refractivity contribution in [3.8, 4) is 0 Å². The molecule has 3 aliphatic heterocycles. The Hall–Kier alpha value is -0.380. The van der Waals surface area contributed by atoms with Crippen molar-refractivity contribution in [2.75, 3.05) is 26.8 Å². The number of nitrogens with zero attached hydrogens (tertiary/aromatic N) is 1. The van der Waals surface area contributed by atoms with E-state index in [2.05, 4.69) is 15.6 Å². The summed E-state index contributed by atoms with van der Waals surface area (Å²) in [7, 11) is 1.69. The van der Waals surface area contributed by atoms with Gasteiger partial charge in [-0.1, -0.05) is 11.8 Å². The number of aliphatic imine (C=N–C) groups is 1. The summed E-state index contributed by atoms with van der Waals surface area (Å²) in [6.45, 7) is 2.08. The first-order chi connectivity index (χ1) is 10.2. The van der Waals surface area contributed by atoms with E-state index in [9.17, 15) is 10.2 Å². The van der Waals surface area contributed by atoms with Crippen LogP contribution in [0.4, 0.5) is 0 Å². The molecule has 8 heteroatoms. The van der Waals surface area contributed by atoms with Gasteiger partial charge >= 0.3 is 0 Å². The van der Waals surface area contributed by atoms with Gasteiger partial charge in [0.15, 0.2) is 5.17 Å². The molecule has 0 aromatic rings. The molecule has 0 radical (unpaired) electrons. The number of aliphatic hydroxyl groups is 2. The Bertz CT molecular complexity index is 392. The Morgan fingerprint density at radius 3 is 2.81 bits per heavy atom. The fraction of sp³-hybridized carbons (Fsp3) is 0.923. The molecular formula is C13H23N3O4S. The highest BCUT2D eigenvalue weighted by Gasteiger charge is 2.48. The Kier molecular flexibility index (Phi) is 5.03. The van der Waals surface area contributed by atoms with Crippen LogP contribution in [0.25, 0.3) is 0 Å².